The zero-order valence-corrected chi connectivity index (χ0v) is 27.1. The smallest absolute Gasteiger partial charge is 0.355 e. The Balaban J connectivity index is 1.19. The molecule has 5 rings (SSSR count). The number of hydrogen-bond acceptors (Lipinski definition) is 12. The number of aliphatic hydroxyl groups excluding tert-OH is 1. The Hall–Kier alpha value is -4.68. The van der Waals surface area contributed by atoms with Crippen LogP contribution in [0.2, 0.25) is 0 Å². The largest absolute Gasteiger partial charge is 0.491 e. The van der Waals surface area contributed by atoms with Crippen molar-refractivity contribution in [1.29, 1.82) is 0 Å². The number of aromatic nitrogens is 4. The molecule has 5 aromatic rings. The van der Waals surface area contributed by atoms with Crippen LogP contribution in [-0.4, -0.2) is 81.6 Å². The predicted octanol–water partition coefficient (Wildman–Crippen LogP) is 5.49. The van der Waals surface area contributed by atoms with E-state index >= 15 is 0 Å². The van der Waals surface area contributed by atoms with E-state index in [1.54, 1.807) is 18.0 Å². The molecule has 0 spiro atoms. The van der Waals surface area contributed by atoms with Crippen LogP contribution in [0.5, 0.6) is 5.75 Å². The van der Waals surface area contributed by atoms with E-state index in [1.165, 1.54) is 34.8 Å². The van der Waals surface area contributed by atoms with Gasteiger partial charge in [-0.2, -0.15) is 0 Å². The van der Waals surface area contributed by atoms with E-state index in [9.17, 15) is 14.3 Å². The molecule has 0 amide bonds. The Morgan fingerprint density at radius 1 is 1.11 bits per heavy atom. The average Bonchev–Trinajstić information content (AvgIpc) is 3.65. The fraction of sp³-hybridized carbons (Fsp3) is 0.281. The van der Waals surface area contributed by atoms with E-state index in [1.807, 2.05) is 49.2 Å². The van der Waals surface area contributed by atoms with Crippen molar-refractivity contribution in [1.82, 2.24) is 25.1 Å². The molecule has 14 heteroatoms. The van der Waals surface area contributed by atoms with E-state index in [0.717, 1.165) is 15.8 Å². The molecular formula is C32H32FN7O4S2. The van der Waals surface area contributed by atoms with E-state index in [4.69, 9.17) is 9.84 Å². The summed E-state index contributed by atoms with van der Waals surface area (Å²) < 4.78 is 21.3. The summed E-state index contributed by atoms with van der Waals surface area (Å²) in [6.07, 6.45) is 0.838. The van der Waals surface area contributed by atoms with Gasteiger partial charge in [0.1, 0.15) is 0 Å². The highest BCUT2D eigenvalue weighted by molar-refractivity contribution is 7.22. The van der Waals surface area contributed by atoms with Crippen LogP contribution >= 0.6 is 22.7 Å². The number of rotatable bonds is 13. The number of ether oxygens (including phenoxy) is 1. The van der Waals surface area contributed by atoms with Gasteiger partial charge >= 0.3 is 5.97 Å². The van der Waals surface area contributed by atoms with Crippen molar-refractivity contribution >= 4 is 60.8 Å². The van der Waals surface area contributed by atoms with Gasteiger partial charge in [-0.25, -0.2) is 19.2 Å². The number of fused-ring (bicyclic) bond motifs is 1. The zero-order valence-electron chi connectivity index (χ0n) is 25.5. The first-order valence-corrected chi connectivity index (χ1v) is 16.0. The number of halogens is 1. The van der Waals surface area contributed by atoms with E-state index in [0.29, 0.717) is 58.3 Å². The highest BCUT2D eigenvalue weighted by Crippen LogP contribution is 2.33. The number of carbonyl (C=O) groups is 1. The summed E-state index contributed by atoms with van der Waals surface area (Å²) in [5.41, 5.74) is 2.22. The molecule has 0 aliphatic rings. The first-order chi connectivity index (χ1) is 22.2. The number of aryl methyl sites for hydroxylation is 2. The number of hydrogen-bond donors (Lipinski definition) is 3. The van der Waals surface area contributed by atoms with Gasteiger partial charge in [-0.1, -0.05) is 35.3 Å². The SMILES string of the molecule is Cc1cc(N(C)c2nc(C(=O)O)c(CCCOc3ccc(C#CCN(C)CCO)cc3F)s2)nnc1Nc1nc2ccccc2s1. The number of carboxylic acids is 1. The molecule has 0 fully saturated rings. The van der Waals surface area contributed by atoms with Crippen molar-refractivity contribution in [2.75, 3.05) is 50.6 Å². The lowest BCUT2D eigenvalue weighted by Gasteiger charge is -2.15. The summed E-state index contributed by atoms with van der Waals surface area (Å²) in [6, 6.07) is 14.2. The van der Waals surface area contributed by atoms with E-state index in [2.05, 4.69) is 37.3 Å². The minimum atomic E-state index is -1.13. The van der Waals surface area contributed by atoms with Crippen molar-refractivity contribution in [3.63, 3.8) is 0 Å². The van der Waals surface area contributed by atoms with Gasteiger partial charge in [0.15, 0.2) is 39.2 Å². The molecule has 0 aliphatic heterocycles. The molecule has 0 bridgehead atoms. The molecule has 0 unspecified atom stereocenters. The molecule has 46 heavy (non-hydrogen) atoms. The fourth-order valence-electron chi connectivity index (χ4n) is 4.34. The van der Waals surface area contributed by atoms with Crippen LogP contribution in [0.1, 0.15) is 32.9 Å². The quantitative estimate of drug-likeness (QED) is 0.109. The molecule has 3 N–H and O–H groups in total. The Labute approximate surface area is 273 Å². The number of carboxylic acid groups (broad SMARTS) is 1. The van der Waals surface area contributed by atoms with Gasteiger partial charge in [0.25, 0.3) is 0 Å². The molecule has 238 valence electrons. The van der Waals surface area contributed by atoms with Crippen LogP contribution in [0.15, 0.2) is 48.5 Å². The number of anilines is 4. The summed E-state index contributed by atoms with van der Waals surface area (Å²) >= 11 is 2.77. The molecule has 0 saturated carbocycles. The lowest BCUT2D eigenvalue weighted by molar-refractivity contribution is 0.0690. The molecule has 2 aromatic carbocycles. The van der Waals surface area contributed by atoms with Gasteiger partial charge in [0.05, 0.1) is 30.0 Å². The first kappa shape index (κ1) is 32.7. The number of aromatic carboxylic acids is 1. The van der Waals surface area contributed by atoms with Crippen LogP contribution in [0.4, 0.5) is 26.3 Å². The number of nitrogens with one attached hydrogen (secondary N) is 1. The summed E-state index contributed by atoms with van der Waals surface area (Å²) in [6.45, 7) is 3.10. The van der Waals surface area contributed by atoms with Crippen LogP contribution in [0.25, 0.3) is 10.2 Å². The number of thiazole rings is 2. The lowest BCUT2D eigenvalue weighted by Crippen LogP contribution is -2.22. The van der Waals surface area contributed by atoms with Crippen LogP contribution in [-0.2, 0) is 6.42 Å². The molecule has 3 heterocycles. The fourth-order valence-corrected chi connectivity index (χ4v) is 6.27. The maximum absolute atomic E-state index is 14.6. The minimum absolute atomic E-state index is 0.0376. The number of likely N-dealkylation sites (N-methyl/N-ethyl adjacent to an activating group) is 1. The number of para-hydroxylation sites is 1. The number of nitrogens with zero attached hydrogens (tertiary/aromatic N) is 6. The lowest BCUT2D eigenvalue weighted by atomic mass is 10.2. The van der Waals surface area contributed by atoms with Crippen molar-refractivity contribution in [2.24, 2.45) is 0 Å². The van der Waals surface area contributed by atoms with Gasteiger partial charge in [0.2, 0.25) is 0 Å². The highest BCUT2D eigenvalue weighted by atomic mass is 32.1. The van der Waals surface area contributed by atoms with Crippen molar-refractivity contribution < 1.29 is 24.1 Å². The van der Waals surface area contributed by atoms with Gasteiger partial charge in [-0.15, -0.1) is 21.5 Å². The molecular weight excluding hydrogens is 630 g/mol. The van der Waals surface area contributed by atoms with Gasteiger partial charge in [-0.05, 0) is 68.8 Å². The highest BCUT2D eigenvalue weighted by Gasteiger charge is 2.21. The van der Waals surface area contributed by atoms with E-state index < -0.39 is 11.8 Å². The maximum Gasteiger partial charge on any atom is 0.355 e. The van der Waals surface area contributed by atoms with Crippen molar-refractivity contribution in [2.45, 2.75) is 19.8 Å². The molecule has 11 nitrogen and oxygen atoms in total. The average molecular weight is 662 g/mol. The molecule has 0 aliphatic carbocycles. The van der Waals surface area contributed by atoms with Crippen molar-refractivity contribution in [3.05, 3.63) is 76.0 Å². The third kappa shape index (κ3) is 8.12. The van der Waals surface area contributed by atoms with Gasteiger partial charge in [0, 0.05) is 24.0 Å². The molecule has 3 aromatic heterocycles. The third-order valence-corrected chi connectivity index (χ3v) is 8.95. The summed E-state index contributed by atoms with van der Waals surface area (Å²) in [7, 11) is 3.59. The summed E-state index contributed by atoms with van der Waals surface area (Å²) in [4.78, 5) is 25.1. The Morgan fingerprint density at radius 2 is 1.93 bits per heavy atom. The maximum atomic E-state index is 14.6. The molecule has 0 atom stereocenters. The number of benzene rings is 2. The van der Waals surface area contributed by atoms with Crippen LogP contribution in [0.3, 0.4) is 0 Å². The molecule has 0 radical (unpaired) electrons. The second kappa shape index (κ2) is 15.1. The Morgan fingerprint density at radius 3 is 2.67 bits per heavy atom. The predicted molar refractivity (Wildman–Crippen MR) is 178 cm³/mol. The molecule has 0 saturated heterocycles. The Kier molecular flexibility index (Phi) is 10.7. The van der Waals surface area contributed by atoms with Crippen molar-refractivity contribution in [3.8, 4) is 17.6 Å². The second-order valence-corrected chi connectivity index (χ2v) is 12.4. The second-order valence-electron chi connectivity index (χ2n) is 10.3. The first-order valence-electron chi connectivity index (χ1n) is 14.4. The van der Waals surface area contributed by atoms with E-state index in [-0.39, 0.29) is 24.7 Å². The Bertz CT molecular complexity index is 1870. The third-order valence-electron chi connectivity index (χ3n) is 6.81. The number of aliphatic hydroxyl groups is 1. The minimum Gasteiger partial charge on any atom is -0.491 e. The van der Waals surface area contributed by atoms with Crippen LogP contribution in [0, 0.1) is 24.6 Å². The zero-order chi connectivity index (χ0) is 32.6. The summed E-state index contributed by atoms with van der Waals surface area (Å²) in [5.74, 6) is 5.37. The normalized spacial score (nSPS) is 11.0. The standard InChI is InChI=1S/C32H32FN7O4S2/c1-20-18-27(37-38-29(20)36-31-34-23-9-4-5-10-25(23)45-31)40(3)32-35-28(30(42)43)26(46-32)11-7-17-44-24-13-12-21(19-22(24)33)8-6-14-39(2)15-16-41/h4-5,9-10,12-13,18-19,41H,7,11,14-17H2,1-3H3,(H,42,43)(H,34,36,38). The summed E-state index contributed by atoms with van der Waals surface area (Å²) in [5, 5.41) is 31.8. The van der Waals surface area contributed by atoms with Gasteiger partial charge in [-0.3, -0.25) is 4.90 Å². The van der Waals surface area contributed by atoms with Gasteiger partial charge < -0.3 is 25.2 Å². The monoisotopic (exact) mass is 661 g/mol. The topological polar surface area (TPSA) is 137 Å². The van der Waals surface area contributed by atoms with Crippen LogP contribution < -0.4 is 15.0 Å².